The number of sulfonamides is 1. The lowest BCUT2D eigenvalue weighted by Gasteiger charge is -2.52. The first-order valence-electron chi connectivity index (χ1n) is 10.7. The van der Waals surface area contributed by atoms with Crippen molar-refractivity contribution in [2.45, 2.75) is 114 Å². The predicted molar refractivity (Wildman–Crippen MR) is 104 cm³/mol. The number of amidine groups is 1. The Labute approximate surface area is 158 Å². The number of aliphatic imine (C=N–C) groups is 1. The maximum Gasteiger partial charge on any atom is 0.299 e. The van der Waals surface area contributed by atoms with Crippen LogP contribution in [0.2, 0.25) is 0 Å². The van der Waals surface area contributed by atoms with Crippen LogP contribution < -0.4 is 4.72 Å². The van der Waals surface area contributed by atoms with E-state index in [4.69, 9.17) is 9.73 Å². The summed E-state index contributed by atoms with van der Waals surface area (Å²) in [4.78, 5) is 4.90. The first kappa shape index (κ1) is 18.6. The molecule has 2 bridgehead atoms. The van der Waals surface area contributed by atoms with Gasteiger partial charge in [0.25, 0.3) is 6.02 Å². The molecular weight excluding hydrogens is 348 g/mol. The zero-order valence-electron chi connectivity index (χ0n) is 16.1. The van der Waals surface area contributed by atoms with Crippen molar-refractivity contribution >= 4 is 16.0 Å². The molecule has 0 spiro atoms. The number of unbranched alkanes of at least 4 members (excludes halogenated alkanes) is 2. The first-order chi connectivity index (χ1) is 12.5. The van der Waals surface area contributed by atoms with Crippen LogP contribution in [0.15, 0.2) is 4.99 Å². The van der Waals surface area contributed by atoms with Crippen LogP contribution in [0.1, 0.15) is 96.8 Å². The van der Waals surface area contributed by atoms with Crippen LogP contribution >= 0.6 is 0 Å². The number of hydrogen-bond donors (Lipinski definition) is 1. The smallest absolute Gasteiger partial charge is 0.299 e. The Kier molecular flexibility index (Phi) is 4.99. The van der Waals surface area contributed by atoms with Crippen LogP contribution in [0.5, 0.6) is 0 Å². The van der Waals surface area contributed by atoms with Gasteiger partial charge in [-0.2, -0.15) is 0 Å². The second kappa shape index (κ2) is 6.99. The Balaban J connectivity index is 1.45. The molecule has 1 aliphatic heterocycles. The molecule has 26 heavy (non-hydrogen) atoms. The van der Waals surface area contributed by atoms with E-state index >= 15 is 0 Å². The fourth-order valence-electron chi connectivity index (χ4n) is 5.72. The maximum atomic E-state index is 12.6. The zero-order chi connectivity index (χ0) is 18.3. The molecule has 148 valence electrons. The molecule has 0 aromatic heterocycles. The molecule has 1 saturated heterocycles. The van der Waals surface area contributed by atoms with Gasteiger partial charge in [0, 0.05) is 0 Å². The molecule has 0 radical (unpaired) electrons. The number of fused-ring (bicyclic) bond motifs is 4. The second-order valence-electron chi connectivity index (χ2n) is 9.22. The van der Waals surface area contributed by atoms with Crippen molar-refractivity contribution in [1.82, 2.24) is 4.72 Å². The molecule has 1 heterocycles. The van der Waals surface area contributed by atoms with E-state index in [1.807, 2.05) is 0 Å². The standard InChI is InChI=1S/C20H34N2O3S/c1-2-3-6-9-19-10-13-20(14-11-19,15-12-19)21-18-22-26(23,24)17-8-5-4-7-16(17)25-18/h16-17H,2-15H2,1H3,(H,21,22)/t16-,17+,19?,20?/m0/s1. The van der Waals surface area contributed by atoms with Gasteiger partial charge in [-0.3, -0.25) is 0 Å². The van der Waals surface area contributed by atoms with E-state index in [9.17, 15) is 8.42 Å². The highest BCUT2D eigenvalue weighted by molar-refractivity contribution is 7.90. The van der Waals surface area contributed by atoms with Crippen molar-refractivity contribution in [3.63, 3.8) is 0 Å². The fourth-order valence-corrected chi connectivity index (χ4v) is 7.28. The summed E-state index contributed by atoms with van der Waals surface area (Å²) in [6.07, 6.45) is 15.7. The van der Waals surface area contributed by atoms with Gasteiger partial charge in [-0.15, -0.1) is 0 Å². The minimum atomic E-state index is -3.34. The van der Waals surface area contributed by atoms with Crippen LogP contribution in [0.3, 0.4) is 0 Å². The van der Waals surface area contributed by atoms with E-state index in [1.165, 1.54) is 44.9 Å². The summed E-state index contributed by atoms with van der Waals surface area (Å²) >= 11 is 0. The normalized spacial score (nSPS) is 42.7. The lowest BCUT2D eigenvalue weighted by Crippen LogP contribution is -2.55. The van der Waals surface area contributed by atoms with Gasteiger partial charge < -0.3 is 4.74 Å². The minimum Gasteiger partial charge on any atom is -0.460 e. The van der Waals surface area contributed by atoms with Crippen molar-refractivity contribution in [3.05, 3.63) is 0 Å². The number of rotatable bonds is 5. The van der Waals surface area contributed by atoms with Gasteiger partial charge in [-0.05, 0) is 69.6 Å². The fraction of sp³-hybridized carbons (Fsp3) is 0.950. The molecule has 5 nitrogen and oxygen atoms in total. The summed E-state index contributed by atoms with van der Waals surface area (Å²) in [5.74, 6) is 0. The third-order valence-corrected chi connectivity index (χ3v) is 9.34. The Morgan fingerprint density at radius 1 is 1.08 bits per heavy atom. The van der Waals surface area contributed by atoms with E-state index < -0.39 is 15.3 Å². The molecule has 5 aliphatic rings. The maximum absolute atomic E-state index is 12.6. The van der Waals surface area contributed by atoms with Gasteiger partial charge in [0.1, 0.15) is 11.4 Å². The Hall–Kier alpha value is -0.780. The molecule has 2 atom stereocenters. The van der Waals surface area contributed by atoms with E-state index in [0.717, 1.165) is 38.5 Å². The van der Waals surface area contributed by atoms with Crippen molar-refractivity contribution in [2.24, 2.45) is 10.4 Å². The summed E-state index contributed by atoms with van der Waals surface area (Å²) in [6.45, 7) is 2.27. The summed E-state index contributed by atoms with van der Waals surface area (Å²) in [7, 11) is -3.34. The highest BCUT2D eigenvalue weighted by atomic mass is 32.2. The lowest BCUT2D eigenvalue weighted by atomic mass is 9.56. The molecule has 4 saturated carbocycles. The second-order valence-corrected chi connectivity index (χ2v) is 11.1. The van der Waals surface area contributed by atoms with Crippen LogP contribution in [-0.2, 0) is 14.8 Å². The zero-order valence-corrected chi connectivity index (χ0v) is 17.0. The van der Waals surface area contributed by atoms with Crippen molar-refractivity contribution in [3.8, 4) is 0 Å². The SMILES string of the molecule is CCCCCC12CCC(N=C3NS(=O)(=O)[C@@H]4CCCC[C@@H]4O3)(CC1)CC2. The van der Waals surface area contributed by atoms with Crippen molar-refractivity contribution in [2.75, 3.05) is 0 Å². The molecule has 6 heteroatoms. The number of nitrogens with zero attached hydrogens (tertiary/aromatic N) is 1. The molecule has 5 rings (SSSR count). The van der Waals surface area contributed by atoms with Gasteiger partial charge in [-0.25, -0.2) is 18.1 Å². The Morgan fingerprint density at radius 3 is 2.46 bits per heavy atom. The molecule has 0 aromatic rings. The number of hydrogen-bond acceptors (Lipinski definition) is 4. The minimum absolute atomic E-state index is 0.0914. The van der Waals surface area contributed by atoms with Crippen LogP contribution in [0.4, 0.5) is 0 Å². The summed E-state index contributed by atoms with van der Waals surface area (Å²) < 4.78 is 33.9. The topological polar surface area (TPSA) is 67.8 Å². The third kappa shape index (κ3) is 3.50. The molecule has 4 aliphatic carbocycles. The average molecular weight is 383 g/mol. The quantitative estimate of drug-likeness (QED) is 0.722. The molecule has 1 N–H and O–H groups in total. The molecular formula is C20H34N2O3S. The third-order valence-electron chi connectivity index (χ3n) is 7.54. The van der Waals surface area contributed by atoms with Crippen LogP contribution in [0, 0.1) is 5.41 Å². The number of nitrogens with one attached hydrogen (secondary N) is 1. The highest BCUT2D eigenvalue weighted by Crippen LogP contribution is 2.56. The molecule has 0 amide bonds. The molecule has 0 unspecified atom stereocenters. The lowest BCUT2D eigenvalue weighted by molar-refractivity contribution is 0.0333. The van der Waals surface area contributed by atoms with E-state index in [-0.39, 0.29) is 17.7 Å². The van der Waals surface area contributed by atoms with Crippen molar-refractivity contribution in [1.29, 1.82) is 0 Å². The van der Waals surface area contributed by atoms with Gasteiger partial charge >= 0.3 is 0 Å². The summed E-state index contributed by atoms with van der Waals surface area (Å²) in [6, 6.07) is 0.286. The van der Waals surface area contributed by atoms with E-state index in [1.54, 1.807) is 0 Å². The summed E-state index contributed by atoms with van der Waals surface area (Å²) in [5.41, 5.74) is 0.449. The predicted octanol–water partition coefficient (Wildman–Crippen LogP) is 4.28. The van der Waals surface area contributed by atoms with Gasteiger partial charge in [0.05, 0.1) is 5.54 Å². The highest BCUT2D eigenvalue weighted by Gasteiger charge is 2.50. The monoisotopic (exact) mass is 382 g/mol. The van der Waals surface area contributed by atoms with Gasteiger partial charge in [0.2, 0.25) is 10.0 Å². The molecule has 5 fully saturated rings. The largest absolute Gasteiger partial charge is 0.460 e. The Bertz CT molecular complexity index is 633. The van der Waals surface area contributed by atoms with Gasteiger partial charge in [-0.1, -0.05) is 32.6 Å². The van der Waals surface area contributed by atoms with Crippen LogP contribution in [-0.4, -0.2) is 31.3 Å². The first-order valence-corrected chi connectivity index (χ1v) is 12.3. The van der Waals surface area contributed by atoms with E-state index in [2.05, 4.69) is 11.6 Å². The Morgan fingerprint density at radius 2 is 1.77 bits per heavy atom. The van der Waals surface area contributed by atoms with Gasteiger partial charge in [0.15, 0.2) is 0 Å². The van der Waals surface area contributed by atoms with Crippen LogP contribution in [0.25, 0.3) is 0 Å². The average Bonchev–Trinajstić information content (AvgIpc) is 2.63. The number of ether oxygens (including phenoxy) is 1. The van der Waals surface area contributed by atoms with Crippen molar-refractivity contribution < 1.29 is 13.2 Å². The molecule has 0 aromatic carbocycles. The van der Waals surface area contributed by atoms with E-state index in [0.29, 0.717) is 11.8 Å². The summed E-state index contributed by atoms with van der Waals surface area (Å²) in [5, 5.41) is -0.392.